The Labute approximate surface area is 227 Å². The van der Waals surface area contributed by atoms with Crippen LogP contribution in [0.25, 0.3) is 0 Å². The van der Waals surface area contributed by atoms with Gasteiger partial charge in [-0.2, -0.15) is 5.26 Å². The van der Waals surface area contributed by atoms with E-state index in [0.29, 0.717) is 24.9 Å². The number of aliphatic hydroxyl groups is 2. The van der Waals surface area contributed by atoms with Crippen molar-refractivity contribution >= 4 is 18.0 Å². The van der Waals surface area contributed by atoms with E-state index in [1.165, 1.54) is 11.8 Å². The lowest BCUT2D eigenvalue weighted by Gasteiger charge is -2.38. The van der Waals surface area contributed by atoms with Gasteiger partial charge in [0.2, 0.25) is 6.41 Å². The van der Waals surface area contributed by atoms with Gasteiger partial charge in [0.05, 0.1) is 17.4 Å². The molecule has 38 heavy (non-hydrogen) atoms. The van der Waals surface area contributed by atoms with E-state index in [-0.39, 0.29) is 0 Å². The Balaban J connectivity index is 0.000000359. The van der Waals surface area contributed by atoms with Gasteiger partial charge in [0, 0.05) is 32.7 Å². The van der Waals surface area contributed by atoms with Crippen LogP contribution in [0.1, 0.15) is 52.2 Å². The first kappa shape index (κ1) is 32.6. The quantitative estimate of drug-likeness (QED) is 0.432. The summed E-state index contributed by atoms with van der Waals surface area (Å²) in [7, 11) is 0. The molecule has 8 nitrogen and oxygen atoms in total. The second-order valence-corrected chi connectivity index (χ2v) is 9.15. The fraction of sp³-hybridized carbons (Fsp3) is 0.500. The van der Waals surface area contributed by atoms with Crippen molar-refractivity contribution in [2.24, 2.45) is 11.8 Å². The minimum absolute atomic E-state index is 0.439. The SMILES string of the molecule is CC.CCN(Cc1ccccc1)C(=O)[C@H](O)[C@H](C)O.C[C@@H]1CN(c2ccccc2C#N)CCC1CNC=O. The number of para-hydroxylation sites is 1. The van der Waals surface area contributed by atoms with E-state index in [2.05, 4.69) is 23.2 Å². The summed E-state index contributed by atoms with van der Waals surface area (Å²) in [6, 6.07) is 19.5. The highest BCUT2D eigenvalue weighted by atomic mass is 16.3. The van der Waals surface area contributed by atoms with Gasteiger partial charge in [0.15, 0.2) is 6.10 Å². The number of nitrogens with zero attached hydrogens (tertiary/aromatic N) is 3. The van der Waals surface area contributed by atoms with Crippen molar-refractivity contribution in [1.82, 2.24) is 10.2 Å². The van der Waals surface area contributed by atoms with E-state index in [4.69, 9.17) is 5.26 Å². The Kier molecular flexibility index (Phi) is 15.4. The van der Waals surface area contributed by atoms with Gasteiger partial charge in [-0.05, 0) is 49.8 Å². The first-order valence-electron chi connectivity index (χ1n) is 13.4. The van der Waals surface area contributed by atoms with Crippen molar-refractivity contribution in [3.05, 3.63) is 65.7 Å². The number of rotatable bonds is 9. The highest BCUT2D eigenvalue weighted by molar-refractivity contribution is 5.81. The number of anilines is 1. The Hall–Kier alpha value is -3.41. The third-order valence-corrected chi connectivity index (χ3v) is 6.53. The monoisotopic (exact) mass is 524 g/mol. The summed E-state index contributed by atoms with van der Waals surface area (Å²) in [5, 5.41) is 30.7. The number of hydrogen-bond donors (Lipinski definition) is 3. The number of piperidine rings is 1. The lowest BCUT2D eigenvalue weighted by atomic mass is 9.86. The van der Waals surface area contributed by atoms with E-state index < -0.39 is 18.1 Å². The molecule has 8 heteroatoms. The minimum Gasteiger partial charge on any atom is -0.390 e. The fourth-order valence-corrected chi connectivity index (χ4v) is 4.30. The highest BCUT2D eigenvalue weighted by Gasteiger charge is 2.27. The van der Waals surface area contributed by atoms with Gasteiger partial charge in [-0.25, -0.2) is 0 Å². The van der Waals surface area contributed by atoms with Crippen LogP contribution >= 0.6 is 0 Å². The number of amides is 2. The van der Waals surface area contributed by atoms with Gasteiger partial charge in [0.25, 0.3) is 5.91 Å². The first-order valence-corrected chi connectivity index (χ1v) is 13.4. The number of nitriles is 1. The van der Waals surface area contributed by atoms with Crippen LogP contribution < -0.4 is 10.2 Å². The van der Waals surface area contributed by atoms with Crippen LogP contribution in [0.3, 0.4) is 0 Å². The molecule has 2 aromatic carbocycles. The zero-order valence-electron chi connectivity index (χ0n) is 23.4. The molecule has 0 bridgehead atoms. The van der Waals surface area contributed by atoms with Gasteiger partial charge in [0.1, 0.15) is 6.07 Å². The highest BCUT2D eigenvalue weighted by Crippen LogP contribution is 2.28. The fourth-order valence-electron chi connectivity index (χ4n) is 4.30. The predicted molar refractivity (Wildman–Crippen MR) is 151 cm³/mol. The van der Waals surface area contributed by atoms with Crippen molar-refractivity contribution < 1.29 is 19.8 Å². The number of likely N-dealkylation sites (N-methyl/N-ethyl adjacent to an activating group) is 1. The van der Waals surface area contributed by atoms with E-state index in [1.807, 2.05) is 75.4 Å². The van der Waals surface area contributed by atoms with Crippen LogP contribution in [0.5, 0.6) is 0 Å². The van der Waals surface area contributed by atoms with E-state index >= 15 is 0 Å². The number of carbonyl (C=O) groups is 2. The maximum Gasteiger partial charge on any atom is 0.254 e. The number of carbonyl (C=O) groups excluding carboxylic acids is 2. The average Bonchev–Trinajstić information content (AvgIpc) is 2.96. The molecule has 3 rings (SSSR count). The Morgan fingerprint density at radius 3 is 2.37 bits per heavy atom. The van der Waals surface area contributed by atoms with Crippen molar-refractivity contribution in [3.8, 4) is 6.07 Å². The molecule has 4 atom stereocenters. The molecule has 1 aliphatic rings. The van der Waals surface area contributed by atoms with Crippen LogP contribution in [0.2, 0.25) is 0 Å². The summed E-state index contributed by atoms with van der Waals surface area (Å²) < 4.78 is 0. The van der Waals surface area contributed by atoms with Gasteiger partial charge in [-0.3, -0.25) is 9.59 Å². The maximum absolute atomic E-state index is 11.8. The van der Waals surface area contributed by atoms with E-state index in [0.717, 1.165) is 49.3 Å². The van der Waals surface area contributed by atoms with Crippen molar-refractivity contribution in [2.75, 3.05) is 31.1 Å². The van der Waals surface area contributed by atoms with Crippen LogP contribution in [-0.4, -0.2) is 65.8 Å². The summed E-state index contributed by atoms with van der Waals surface area (Å²) in [6.07, 6.45) is -0.586. The van der Waals surface area contributed by atoms with Crippen molar-refractivity contribution in [3.63, 3.8) is 0 Å². The molecular weight excluding hydrogens is 480 g/mol. The molecule has 0 aromatic heterocycles. The van der Waals surface area contributed by atoms with Gasteiger partial charge >= 0.3 is 0 Å². The van der Waals surface area contributed by atoms with Gasteiger partial charge < -0.3 is 25.3 Å². The minimum atomic E-state index is -1.35. The van der Waals surface area contributed by atoms with Crippen LogP contribution in [0, 0.1) is 23.2 Å². The zero-order valence-corrected chi connectivity index (χ0v) is 23.4. The number of nitrogens with one attached hydrogen (secondary N) is 1. The lowest BCUT2D eigenvalue weighted by Crippen LogP contribution is -2.43. The Morgan fingerprint density at radius 1 is 1.18 bits per heavy atom. The number of benzene rings is 2. The molecular formula is C30H44N4O4. The van der Waals surface area contributed by atoms with Gasteiger partial charge in [-0.15, -0.1) is 0 Å². The third-order valence-electron chi connectivity index (χ3n) is 6.53. The molecule has 2 amide bonds. The molecule has 1 unspecified atom stereocenters. The second kappa shape index (κ2) is 17.9. The molecule has 1 saturated heterocycles. The summed E-state index contributed by atoms with van der Waals surface area (Å²) in [6.45, 7) is 13.0. The molecule has 0 saturated carbocycles. The predicted octanol–water partition coefficient (Wildman–Crippen LogP) is 3.57. The Bertz CT molecular complexity index is 993. The number of hydrogen-bond acceptors (Lipinski definition) is 6. The summed E-state index contributed by atoms with van der Waals surface area (Å²) in [5.41, 5.74) is 2.76. The van der Waals surface area contributed by atoms with Crippen LogP contribution in [-0.2, 0) is 16.1 Å². The third kappa shape index (κ3) is 10.2. The lowest BCUT2D eigenvalue weighted by molar-refractivity contribution is -0.145. The molecule has 208 valence electrons. The summed E-state index contributed by atoms with van der Waals surface area (Å²) >= 11 is 0. The largest absolute Gasteiger partial charge is 0.390 e. The normalized spacial score (nSPS) is 17.8. The summed E-state index contributed by atoms with van der Waals surface area (Å²) in [4.78, 5) is 26.0. The zero-order chi connectivity index (χ0) is 28.5. The molecule has 1 fully saturated rings. The molecule has 2 aromatic rings. The smallest absolute Gasteiger partial charge is 0.254 e. The molecule has 0 spiro atoms. The first-order chi connectivity index (χ1) is 18.3. The maximum atomic E-state index is 11.8. The Morgan fingerprint density at radius 2 is 1.82 bits per heavy atom. The average molecular weight is 525 g/mol. The molecule has 0 aliphatic carbocycles. The summed E-state index contributed by atoms with van der Waals surface area (Å²) in [5.74, 6) is 0.593. The van der Waals surface area contributed by atoms with E-state index in [1.54, 1.807) is 0 Å². The standard InChI is InChI=1S/C15H19N3O.C13H19NO3.C2H6/c1-12-10-18(7-6-14(12)9-17-11-19)15-5-3-2-4-13(15)8-16;1-3-14(13(17)12(16)10(2)15)9-11-7-5-4-6-8-11;1-2/h2-5,11-12,14H,6-7,9-10H2,1H3,(H,17,19);4-8,10,12,15-16H,3,9H2,1-2H3;1-2H3/t12-,14?;10-,12+;/m10./s1. The molecule has 1 aliphatic heterocycles. The molecule has 0 radical (unpaired) electrons. The van der Waals surface area contributed by atoms with Crippen molar-refractivity contribution in [1.29, 1.82) is 5.26 Å². The molecule has 1 heterocycles. The van der Waals surface area contributed by atoms with Crippen molar-refractivity contribution in [2.45, 2.75) is 59.8 Å². The number of aliphatic hydroxyl groups excluding tert-OH is 2. The molecule has 3 N–H and O–H groups in total. The topological polar surface area (TPSA) is 117 Å². The van der Waals surface area contributed by atoms with Crippen LogP contribution in [0.15, 0.2) is 54.6 Å². The second-order valence-electron chi connectivity index (χ2n) is 9.15. The van der Waals surface area contributed by atoms with E-state index in [9.17, 15) is 19.8 Å². The van der Waals surface area contributed by atoms with Crippen LogP contribution in [0.4, 0.5) is 5.69 Å². The van der Waals surface area contributed by atoms with Gasteiger partial charge in [-0.1, -0.05) is 63.2 Å².